The van der Waals surface area contributed by atoms with Crippen molar-refractivity contribution in [2.45, 2.75) is 13.1 Å². The lowest BCUT2D eigenvalue weighted by Gasteiger charge is -2.07. The molecular weight excluding hydrogens is 309 g/mol. The molecule has 0 N–H and O–H groups in total. The zero-order valence-corrected chi connectivity index (χ0v) is 12.4. The summed E-state index contributed by atoms with van der Waals surface area (Å²) in [5.41, 5.74) is 1.92. The molecule has 1 nitrogen and oxygen atoms in total. The third-order valence-electron chi connectivity index (χ3n) is 3.37. The van der Waals surface area contributed by atoms with Gasteiger partial charge in [-0.05, 0) is 24.1 Å². The number of Topliss-reactive ketones (excluding diaryl/α,β-unsaturated/α-hetero) is 1. The number of aryl methyl sites for hydroxylation is 1. The maximum atomic E-state index is 12.9. The summed E-state index contributed by atoms with van der Waals surface area (Å²) in [5, 5.41) is 0.675. The Balaban J connectivity index is 2.34. The Morgan fingerprint density at radius 3 is 2.36 bits per heavy atom. The van der Waals surface area contributed by atoms with E-state index in [9.17, 15) is 18.0 Å². The summed E-state index contributed by atoms with van der Waals surface area (Å²) >= 11 is 0.898. The minimum Gasteiger partial charge on any atom is -0.283 e. The van der Waals surface area contributed by atoms with Crippen molar-refractivity contribution in [2.24, 2.45) is 0 Å². The number of thiophene rings is 1. The van der Waals surface area contributed by atoms with E-state index < -0.39 is 12.0 Å². The molecule has 0 unspecified atom stereocenters. The smallest absolute Gasteiger partial charge is 0.283 e. The summed E-state index contributed by atoms with van der Waals surface area (Å²) < 4.78 is 39.4. The van der Waals surface area contributed by atoms with Crippen LogP contribution in [0, 0.1) is 6.92 Å². The van der Waals surface area contributed by atoms with E-state index in [1.165, 1.54) is 0 Å². The van der Waals surface area contributed by atoms with Crippen LogP contribution in [-0.2, 0) is 0 Å². The normalized spacial score (nSPS) is 11.8. The highest BCUT2D eigenvalue weighted by Crippen LogP contribution is 2.41. The molecule has 0 aliphatic rings. The number of hydrogen-bond donors (Lipinski definition) is 0. The number of carbonyl (C=O) groups is 1. The SMILES string of the molecule is Cc1ccc2c(-c3ccccc3)c(C(=O)C(F)(F)F)sc2c1. The molecule has 112 valence electrons. The standard InChI is InChI=1S/C17H11F3OS/c1-10-7-8-12-13(9-10)22-15(16(21)17(18,19)20)14(12)11-5-3-2-4-6-11/h2-9H,1H3. The molecule has 1 aromatic heterocycles. The van der Waals surface area contributed by atoms with E-state index in [1.54, 1.807) is 42.5 Å². The molecule has 3 aromatic rings. The second-order valence-corrected chi connectivity index (χ2v) is 6.05. The number of carbonyl (C=O) groups excluding carboxylic acids is 1. The molecule has 0 atom stereocenters. The molecule has 0 spiro atoms. The monoisotopic (exact) mass is 320 g/mol. The van der Waals surface area contributed by atoms with Gasteiger partial charge in [-0.2, -0.15) is 13.2 Å². The lowest BCUT2D eigenvalue weighted by molar-refractivity contribution is -0.0882. The fourth-order valence-electron chi connectivity index (χ4n) is 2.38. The van der Waals surface area contributed by atoms with E-state index in [0.717, 1.165) is 16.9 Å². The Kier molecular flexibility index (Phi) is 3.53. The predicted molar refractivity (Wildman–Crippen MR) is 82.4 cm³/mol. The first-order valence-electron chi connectivity index (χ1n) is 6.58. The zero-order valence-electron chi connectivity index (χ0n) is 11.6. The summed E-state index contributed by atoms with van der Waals surface area (Å²) in [4.78, 5) is 11.5. The highest BCUT2D eigenvalue weighted by molar-refractivity contribution is 7.21. The number of benzene rings is 2. The maximum Gasteiger partial charge on any atom is 0.455 e. The lowest BCUT2D eigenvalue weighted by Crippen LogP contribution is -2.22. The van der Waals surface area contributed by atoms with Gasteiger partial charge in [-0.15, -0.1) is 11.3 Å². The van der Waals surface area contributed by atoms with Crippen molar-refractivity contribution in [3.63, 3.8) is 0 Å². The number of ketones is 1. The van der Waals surface area contributed by atoms with Gasteiger partial charge in [-0.25, -0.2) is 0 Å². The zero-order chi connectivity index (χ0) is 15.9. The quantitative estimate of drug-likeness (QED) is 0.560. The van der Waals surface area contributed by atoms with Crippen LogP contribution in [0.5, 0.6) is 0 Å². The van der Waals surface area contributed by atoms with Gasteiger partial charge in [-0.3, -0.25) is 4.79 Å². The average molecular weight is 320 g/mol. The Labute approximate surface area is 129 Å². The topological polar surface area (TPSA) is 17.1 Å². The van der Waals surface area contributed by atoms with Gasteiger partial charge in [-0.1, -0.05) is 42.5 Å². The molecule has 2 aromatic carbocycles. The van der Waals surface area contributed by atoms with Crippen molar-refractivity contribution < 1.29 is 18.0 Å². The van der Waals surface area contributed by atoms with Crippen LogP contribution < -0.4 is 0 Å². The Bertz CT molecular complexity index is 847. The van der Waals surface area contributed by atoms with Crippen LogP contribution in [0.2, 0.25) is 0 Å². The molecule has 1 heterocycles. The van der Waals surface area contributed by atoms with Crippen molar-refractivity contribution in [1.82, 2.24) is 0 Å². The molecule has 0 bridgehead atoms. The van der Waals surface area contributed by atoms with Gasteiger partial charge < -0.3 is 0 Å². The van der Waals surface area contributed by atoms with Gasteiger partial charge in [0.2, 0.25) is 0 Å². The summed E-state index contributed by atoms with van der Waals surface area (Å²) in [6, 6.07) is 14.1. The second-order valence-electron chi connectivity index (χ2n) is 5.00. The molecule has 22 heavy (non-hydrogen) atoms. The van der Waals surface area contributed by atoms with Crippen molar-refractivity contribution in [1.29, 1.82) is 0 Å². The molecular formula is C17H11F3OS. The summed E-state index contributed by atoms with van der Waals surface area (Å²) in [5.74, 6) is -1.79. The number of fused-ring (bicyclic) bond motifs is 1. The van der Waals surface area contributed by atoms with Gasteiger partial charge in [0.1, 0.15) is 0 Å². The number of halogens is 3. The van der Waals surface area contributed by atoms with E-state index in [0.29, 0.717) is 21.2 Å². The first kappa shape index (κ1) is 14.8. The third-order valence-corrected chi connectivity index (χ3v) is 4.52. The van der Waals surface area contributed by atoms with Gasteiger partial charge in [0.15, 0.2) is 0 Å². The van der Waals surface area contributed by atoms with Crippen LogP contribution >= 0.6 is 11.3 Å². The van der Waals surface area contributed by atoms with Crippen molar-refractivity contribution >= 4 is 27.2 Å². The molecule has 3 rings (SSSR count). The van der Waals surface area contributed by atoms with Gasteiger partial charge in [0, 0.05) is 15.6 Å². The molecule has 0 aliphatic heterocycles. The molecule has 5 heteroatoms. The van der Waals surface area contributed by atoms with Gasteiger partial charge in [0.05, 0.1) is 4.88 Å². The average Bonchev–Trinajstić information content (AvgIpc) is 2.84. The van der Waals surface area contributed by atoms with Gasteiger partial charge >= 0.3 is 6.18 Å². The van der Waals surface area contributed by atoms with Gasteiger partial charge in [0.25, 0.3) is 5.78 Å². The first-order valence-corrected chi connectivity index (χ1v) is 7.39. The molecule has 0 amide bonds. The second kappa shape index (κ2) is 5.25. The van der Waals surface area contributed by atoms with Crippen molar-refractivity contribution in [2.75, 3.05) is 0 Å². The minimum atomic E-state index is -4.88. The largest absolute Gasteiger partial charge is 0.455 e. The fourth-order valence-corrected chi connectivity index (χ4v) is 3.67. The molecule has 0 aliphatic carbocycles. The van der Waals surface area contributed by atoms with Crippen LogP contribution in [0.1, 0.15) is 15.2 Å². The van der Waals surface area contributed by atoms with E-state index in [4.69, 9.17) is 0 Å². The molecule has 0 saturated heterocycles. The molecule has 0 fully saturated rings. The third kappa shape index (κ3) is 2.52. The Morgan fingerprint density at radius 2 is 1.73 bits per heavy atom. The highest BCUT2D eigenvalue weighted by Gasteiger charge is 2.42. The number of alkyl halides is 3. The van der Waals surface area contributed by atoms with Crippen LogP contribution in [0.15, 0.2) is 48.5 Å². The predicted octanol–water partition coefficient (Wildman–Crippen LogP) is 5.62. The first-order chi connectivity index (χ1) is 10.4. The molecule has 0 radical (unpaired) electrons. The maximum absolute atomic E-state index is 12.9. The van der Waals surface area contributed by atoms with Crippen molar-refractivity contribution in [3.05, 3.63) is 59.0 Å². The van der Waals surface area contributed by atoms with E-state index in [2.05, 4.69) is 0 Å². The number of rotatable bonds is 2. The van der Waals surface area contributed by atoms with E-state index in [-0.39, 0.29) is 4.88 Å². The van der Waals surface area contributed by atoms with Crippen molar-refractivity contribution in [3.8, 4) is 11.1 Å². The van der Waals surface area contributed by atoms with E-state index >= 15 is 0 Å². The summed E-state index contributed by atoms with van der Waals surface area (Å²) in [7, 11) is 0. The molecule has 0 saturated carbocycles. The Hall–Kier alpha value is -2.14. The highest BCUT2D eigenvalue weighted by atomic mass is 32.1. The lowest BCUT2D eigenvalue weighted by atomic mass is 10.00. The summed E-state index contributed by atoms with van der Waals surface area (Å²) in [6.45, 7) is 1.87. The van der Waals surface area contributed by atoms with Crippen LogP contribution in [0.4, 0.5) is 13.2 Å². The fraction of sp³-hybridized carbons (Fsp3) is 0.118. The summed E-state index contributed by atoms with van der Waals surface area (Å²) in [6.07, 6.45) is -4.88. The van der Waals surface area contributed by atoms with Crippen LogP contribution in [-0.4, -0.2) is 12.0 Å². The number of hydrogen-bond acceptors (Lipinski definition) is 2. The minimum absolute atomic E-state index is 0.251. The van der Waals surface area contributed by atoms with Crippen LogP contribution in [0.3, 0.4) is 0 Å². The Morgan fingerprint density at radius 1 is 1.05 bits per heavy atom. The van der Waals surface area contributed by atoms with E-state index in [1.807, 2.05) is 13.0 Å². The van der Waals surface area contributed by atoms with Crippen LogP contribution in [0.25, 0.3) is 21.2 Å².